The van der Waals surface area contributed by atoms with Gasteiger partial charge in [-0.05, 0) is 23.8 Å². The fourth-order valence-corrected chi connectivity index (χ4v) is 5.74. The molecule has 1 aromatic heterocycles. The van der Waals surface area contributed by atoms with Gasteiger partial charge in [-0.3, -0.25) is 24.6 Å². The van der Waals surface area contributed by atoms with Gasteiger partial charge in [-0.15, -0.1) is 10.2 Å². The first-order chi connectivity index (χ1) is 15.1. The van der Waals surface area contributed by atoms with Gasteiger partial charge in [-0.25, -0.2) is 0 Å². The van der Waals surface area contributed by atoms with Gasteiger partial charge in [0.15, 0.2) is 0 Å². The van der Waals surface area contributed by atoms with E-state index in [4.69, 9.17) is 0 Å². The Labute approximate surface area is 192 Å². The number of imide groups is 1. The van der Waals surface area contributed by atoms with Crippen molar-refractivity contribution in [2.45, 2.75) is 65.8 Å². The third-order valence-electron chi connectivity index (χ3n) is 7.50. The molecule has 1 N–H and O–H groups in total. The van der Waals surface area contributed by atoms with Gasteiger partial charge >= 0.3 is 0 Å². The third-order valence-corrected chi connectivity index (χ3v) is 8.64. The van der Waals surface area contributed by atoms with Crippen LogP contribution in [0.2, 0.25) is 0 Å². The molecule has 8 heteroatoms. The highest BCUT2D eigenvalue weighted by Gasteiger charge is 2.65. The number of aromatic nitrogens is 2. The van der Waals surface area contributed by atoms with Crippen molar-refractivity contribution in [1.82, 2.24) is 15.1 Å². The van der Waals surface area contributed by atoms with Gasteiger partial charge < -0.3 is 0 Å². The second kappa shape index (κ2) is 8.06. The van der Waals surface area contributed by atoms with Crippen LogP contribution in [0.3, 0.4) is 0 Å². The summed E-state index contributed by atoms with van der Waals surface area (Å²) in [6.07, 6.45) is 1.57. The van der Waals surface area contributed by atoms with Crippen molar-refractivity contribution in [3.05, 3.63) is 40.9 Å². The maximum Gasteiger partial charge on any atom is 0.249 e. The number of amides is 3. The number of fused-ring (bicyclic) bond motifs is 2. The standard InChI is InChI=1S/C24H30N4O3S/c1-14(2)19-26-27-22(32-19)25-18(29)17(13-15-9-7-6-8-10-15)28-20(30)16-11-12-24(5,21(28)31)23(16,3)4/h6-10,14,16-17H,11-13H2,1-5H3,(H,25,27,29). The van der Waals surface area contributed by atoms with E-state index in [1.807, 2.05) is 65.0 Å². The fraction of sp³-hybridized carbons (Fsp3) is 0.542. The average molecular weight is 455 g/mol. The average Bonchev–Trinajstić information content (AvgIpc) is 3.28. The van der Waals surface area contributed by atoms with Gasteiger partial charge in [0.05, 0.1) is 5.41 Å². The molecule has 3 unspecified atom stereocenters. The van der Waals surface area contributed by atoms with Crippen LogP contribution in [0.5, 0.6) is 0 Å². The molecule has 1 saturated carbocycles. The van der Waals surface area contributed by atoms with Crippen molar-refractivity contribution in [2.24, 2.45) is 16.7 Å². The van der Waals surface area contributed by atoms with Crippen LogP contribution in [0.1, 0.15) is 63.9 Å². The summed E-state index contributed by atoms with van der Waals surface area (Å²) in [5.74, 6) is -0.986. The van der Waals surface area contributed by atoms with Crippen LogP contribution in [0.4, 0.5) is 5.13 Å². The molecule has 2 fully saturated rings. The van der Waals surface area contributed by atoms with Crippen molar-refractivity contribution in [3.8, 4) is 0 Å². The largest absolute Gasteiger partial charge is 0.299 e. The number of carbonyl (C=O) groups excluding carboxylic acids is 3. The summed E-state index contributed by atoms with van der Waals surface area (Å²) in [4.78, 5) is 42.0. The minimum Gasteiger partial charge on any atom is -0.299 e. The first kappa shape index (κ1) is 22.6. The lowest BCUT2D eigenvalue weighted by Crippen LogP contribution is -2.64. The molecule has 3 atom stereocenters. The summed E-state index contributed by atoms with van der Waals surface area (Å²) < 4.78 is 0. The number of nitrogens with one attached hydrogen (secondary N) is 1. The summed E-state index contributed by atoms with van der Waals surface area (Å²) in [6, 6.07) is 8.53. The molecule has 4 rings (SSSR count). The molecule has 1 aliphatic carbocycles. The maximum atomic E-state index is 13.7. The molecule has 2 aromatic rings. The number of anilines is 1. The SMILES string of the molecule is CC(C)c1nnc(NC(=O)C(Cc2ccccc2)N2C(=O)C3CCC(C)(C2=O)C3(C)C)s1. The lowest BCUT2D eigenvalue weighted by molar-refractivity contribution is -0.172. The first-order valence-corrected chi connectivity index (χ1v) is 11.9. The number of benzene rings is 1. The molecule has 1 saturated heterocycles. The van der Waals surface area contributed by atoms with Crippen LogP contribution in [-0.4, -0.2) is 38.9 Å². The van der Waals surface area contributed by atoms with E-state index in [0.717, 1.165) is 10.6 Å². The van der Waals surface area contributed by atoms with E-state index in [0.29, 0.717) is 18.0 Å². The lowest BCUT2D eigenvalue weighted by Gasteiger charge is -2.49. The Balaban J connectivity index is 1.68. The molecule has 7 nitrogen and oxygen atoms in total. The highest BCUT2D eigenvalue weighted by atomic mass is 32.1. The van der Waals surface area contributed by atoms with Crippen molar-refractivity contribution in [2.75, 3.05) is 5.32 Å². The summed E-state index contributed by atoms with van der Waals surface area (Å²) in [5, 5.41) is 12.2. The Bertz CT molecular complexity index is 1050. The highest BCUT2D eigenvalue weighted by Crippen LogP contribution is 2.60. The van der Waals surface area contributed by atoms with Crippen LogP contribution >= 0.6 is 11.3 Å². The monoisotopic (exact) mass is 454 g/mol. The molecule has 1 aliphatic heterocycles. The summed E-state index contributed by atoms with van der Waals surface area (Å²) in [5.41, 5.74) is -0.221. The summed E-state index contributed by atoms with van der Waals surface area (Å²) in [7, 11) is 0. The van der Waals surface area contributed by atoms with Gasteiger partial charge in [0, 0.05) is 18.3 Å². The minimum atomic E-state index is -0.945. The smallest absolute Gasteiger partial charge is 0.249 e. The molecule has 2 bridgehead atoms. The normalized spacial score (nSPS) is 25.3. The molecule has 2 heterocycles. The molecule has 2 aliphatic rings. The molecule has 3 amide bonds. The topological polar surface area (TPSA) is 92.3 Å². The van der Waals surface area contributed by atoms with Crippen LogP contribution in [-0.2, 0) is 20.8 Å². The second-order valence-corrected chi connectivity index (χ2v) is 11.0. The van der Waals surface area contributed by atoms with Gasteiger partial charge in [0.1, 0.15) is 11.0 Å². The fourth-order valence-electron chi connectivity index (χ4n) is 4.99. The Morgan fingerprint density at radius 1 is 1.19 bits per heavy atom. The molecule has 0 spiro atoms. The Hall–Kier alpha value is -2.61. The zero-order valence-electron chi connectivity index (χ0n) is 19.2. The number of rotatable bonds is 6. The molecular weight excluding hydrogens is 424 g/mol. The lowest BCUT2D eigenvalue weighted by atomic mass is 9.62. The predicted molar refractivity (Wildman–Crippen MR) is 123 cm³/mol. The van der Waals surface area contributed by atoms with E-state index in [2.05, 4.69) is 15.5 Å². The van der Waals surface area contributed by atoms with Crippen LogP contribution in [0.25, 0.3) is 0 Å². The van der Waals surface area contributed by atoms with E-state index < -0.39 is 22.8 Å². The van der Waals surface area contributed by atoms with E-state index in [-0.39, 0.29) is 30.1 Å². The quantitative estimate of drug-likeness (QED) is 0.666. The molecule has 0 radical (unpaired) electrons. The Morgan fingerprint density at radius 2 is 1.88 bits per heavy atom. The zero-order valence-corrected chi connectivity index (χ0v) is 20.0. The Morgan fingerprint density at radius 3 is 2.50 bits per heavy atom. The number of hydrogen-bond donors (Lipinski definition) is 1. The van der Waals surface area contributed by atoms with E-state index in [1.54, 1.807) is 0 Å². The number of nitrogens with zero attached hydrogens (tertiary/aromatic N) is 3. The minimum absolute atomic E-state index is 0.196. The highest BCUT2D eigenvalue weighted by molar-refractivity contribution is 7.15. The Kier molecular flexibility index (Phi) is 5.69. The van der Waals surface area contributed by atoms with Crippen molar-refractivity contribution >= 4 is 34.2 Å². The number of hydrogen-bond acceptors (Lipinski definition) is 6. The predicted octanol–water partition coefficient (Wildman–Crippen LogP) is 4.02. The maximum absolute atomic E-state index is 13.7. The summed E-state index contributed by atoms with van der Waals surface area (Å²) >= 11 is 1.31. The van der Waals surface area contributed by atoms with Crippen molar-refractivity contribution in [1.29, 1.82) is 0 Å². The van der Waals surface area contributed by atoms with Gasteiger partial charge in [0.2, 0.25) is 22.9 Å². The number of piperidine rings is 1. The number of likely N-dealkylation sites (tertiary alicyclic amines) is 1. The van der Waals surface area contributed by atoms with Gasteiger partial charge in [-0.2, -0.15) is 0 Å². The third kappa shape index (κ3) is 3.54. The molecular formula is C24H30N4O3S. The first-order valence-electron chi connectivity index (χ1n) is 11.1. The second-order valence-electron chi connectivity index (χ2n) is 9.95. The van der Waals surface area contributed by atoms with Crippen LogP contribution in [0.15, 0.2) is 30.3 Å². The van der Waals surface area contributed by atoms with Crippen LogP contribution in [0, 0.1) is 16.7 Å². The zero-order chi connectivity index (χ0) is 23.3. The molecule has 170 valence electrons. The summed E-state index contributed by atoms with van der Waals surface area (Å²) in [6.45, 7) is 9.95. The van der Waals surface area contributed by atoms with E-state index >= 15 is 0 Å². The van der Waals surface area contributed by atoms with Crippen molar-refractivity contribution < 1.29 is 14.4 Å². The van der Waals surface area contributed by atoms with Gasteiger partial charge in [-0.1, -0.05) is 76.3 Å². The molecule has 32 heavy (non-hydrogen) atoms. The van der Waals surface area contributed by atoms with Crippen LogP contribution < -0.4 is 5.32 Å². The van der Waals surface area contributed by atoms with E-state index in [1.165, 1.54) is 16.2 Å². The number of carbonyl (C=O) groups is 3. The van der Waals surface area contributed by atoms with E-state index in [9.17, 15) is 14.4 Å². The molecule has 1 aromatic carbocycles. The van der Waals surface area contributed by atoms with Gasteiger partial charge in [0.25, 0.3) is 0 Å². The van der Waals surface area contributed by atoms with Crippen molar-refractivity contribution in [3.63, 3.8) is 0 Å².